The largest absolute Gasteiger partial charge is 0.416 e. The molecular formula is C21H22F3N3O. The lowest BCUT2D eigenvalue weighted by Gasteiger charge is -2.15. The van der Waals surface area contributed by atoms with Crippen LogP contribution in [0.4, 0.5) is 13.2 Å². The molecule has 0 spiro atoms. The third-order valence-corrected chi connectivity index (χ3v) is 4.48. The average Bonchev–Trinajstić information content (AvgIpc) is 3.02. The van der Waals surface area contributed by atoms with Crippen molar-refractivity contribution in [1.29, 1.82) is 0 Å². The molecule has 7 heteroatoms. The number of nitrogens with zero attached hydrogens (tertiary/aromatic N) is 3. The van der Waals surface area contributed by atoms with Gasteiger partial charge in [0, 0.05) is 19.3 Å². The number of hydrogen-bond donors (Lipinski definition) is 1. The molecule has 0 unspecified atom stereocenters. The van der Waals surface area contributed by atoms with E-state index in [2.05, 4.69) is 4.98 Å². The zero-order chi connectivity index (χ0) is 20.3. The van der Waals surface area contributed by atoms with Crippen LogP contribution in [0.25, 0.3) is 11.1 Å². The molecule has 0 saturated carbocycles. The van der Waals surface area contributed by atoms with Crippen molar-refractivity contribution in [2.75, 3.05) is 14.1 Å². The minimum absolute atomic E-state index is 0.142. The van der Waals surface area contributed by atoms with Gasteiger partial charge in [0.05, 0.1) is 11.3 Å². The predicted octanol–water partition coefficient (Wildman–Crippen LogP) is 4.17. The van der Waals surface area contributed by atoms with Gasteiger partial charge in [-0.2, -0.15) is 13.2 Å². The molecule has 28 heavy (non-hydrogen) atoms. The predicted molar refractivity (Wildman–Crippen MR) is 102 cm³/mol. The normalized spacial score (nSPS) is 12.0. The van der Waals surface area contributed by atoms with Crippen LogP contribution in [0.15, 0.2) is 54.7 Å². The fourth-order valence-electron chi connectivity index (χ4n) is 3.06. The fraction of sp³-hybridized carbons (Fsp3) is 0.286. The van der Waals surface area contributed by atoms with Gasteiger partial charge in [-0.15, -0.1) is 0 Å². The van der Waals surface area contributed by atoms with Gasteiger partial charge in [-0.1, -0.05) is 36.4 Å². The maximum atomic E-state index is 12.7. The first-order valence-corrected chi connectivity index (χ1v) is 8.83. The Labute approximate surface area is 161 Å². The summed E-state index contributed by atoms with van der Waals surface area (Å²) >= 11 is 0. The molecule has 0 aliphatic heterocycles. The Morgan fingerprint density at radius 3 is 2.04 bits per heavy atom. The van der Waals surface area contributed by atoms with Crippen molar-refractivity contribution in [3.63, 3.8) is 0 Å². The van der Waals surface area contributed by atoms with Crippen LogP contribution in [0.5, 0.6) is 0 Å². The highest BCUT2D eigenvalue weighted by molar-refractivity contribution is 5.64. The molecule has 1 heterocycles. The van der Waals surface area contributed by atoms with Crippen molar-refractivity contribution in [2.45, 2.75) is 25.9 Å². The van der Waals surface area contributed by atoms with E-state index in [1.54, 1.807) is 6.20 Å². The average molecular weight is 389 g/mol. The van der Waals surface area contributed by atoms with E-state index in [9.17, 15) is 18.3 Å². The highest BCUT2D eigenvalue weighted by atomic mass is 19.4. The molecule has 1 N–H and O–H groups in total. The second-order valence-electron chi connectivity index (χ2n) is 6.92. The molecule has 0 amide bonds. The zero-order valence-electron chi connectivity index (χ0n) is 15.7. The van der Waals surface area contributed by atoms with E-state index in [1.807, 2.05) is 47.8 Å². The first-order chi connectivity index (χ1) is 13.3. The summed E-state index contributed by atoms with van der Waals surface area (Å²) in [6.07, 6.45) is -2.57. The van der Waals surface area contributed by atoms with Crippen molar-refractivity contribution in [3.05, 3.63) is 77.4 Å². The second kappa shape index (κ2) is 8.16. The number of aromatic nitrogens is 2. The quantitative estimate of drug-likeness (QED) is 0.688. The molecule has 0 fully saturated rings. The number of aliphatic hydroxyl groups excluding tert-OH is 1. The molecule has 0 bridgehead atoms. The third kappa shape index (κ3) is 4.61. The van der Waals surface area contributed by atoms with Crippen LogP contribution < -0.4 is 0 Å². The summed E-state index contributed by atoms with van der Waals surface area (Å²) in [5.74, 6) is 0.601. The Morgan fingerprint density at radius 1 is 0.964 bits per heavy atom. The summed E-state index contributed by atoms with van der Waals surface area (Å²) in [4.78, 5) is 6.30. The molecule has 2 aromatic carbocycles. The van der Waals surface area contributed by atoms with Crippen LogP contribution in [0.2, 0.25) is 0 Å². The molecule has 0 saturated heterocycles. The van der Waals surface area contributed by atoms with Crippen LogP contribution in [-0.4, -0.2) is 33.7 Å². The standard InChI is InChI=1S/C21H22F3N3O/c1-26(2)13-19-11-25-20(14-28)27(19)12-15-3-5-16(6-4-15)17-7-9-18(10-8-17)21(22,23)24/h3-11,28H,12-14H2,1-2H3. The molecule has 0 aliphatic carbocycles. The van der Waals surface area contributed by atoms with E-state index in [0.29, 0.717) is 18.9 Å². The highest BCUT2D eigenvalue weighted by Crippen LogP contribution is 2.31. The Morgan fingerprint density at radius 2 is 1.54 bits per heavy atom. The lowest BCUT2D eigenvalue weighted by atomic mass is 10.0. The third-order valence-electron chi connectivity index (χ3n) is 4.48. The smallest absolute Gasteiger partial charge is 0.388 e. The van der Waals surface area contributed by atoms with E-state index < -0.39 is 11.7 Å². The Bertz CT molecular complexity index is 914. The molecule has 3 rings (SSSR count). The van der Waals surface area contributed by atoms with E-state index >= 15 is 0 Å². The van der Waals surface area contributed by atoms with Crippen molar-refractivity contribution < 1.29 is 18.3 Å². The van der Waals surface area contributed by atoms with E-state index in [4.69, 9.17) is 0 Å². The summed E-state index contributed by atoms with van der Waals surface area (Å²) in [5, 5.41) is 9.54. The van der Waals surface area contributed by atoms with Crippen molar-refractivity contribution in [1.82, 2.24) is 14.5 Å². The minimum Gasteiger partial charge on any atom is -0.388 e. The molecule has 0 radical (unpaired) electrons. The van der Waals surface area contributed by atoms with Crippen LogP contribution in [0.1, 0.15) is 22.6 Å². The first kappa shape index (κ1) is 20.1. The number of aliphatic hydroxyl groups is 1. The van der Waals surface area contributed by atoms with E-state index in [0.717, 1.165) is 34.5 Å². The van der Waals surface area contributed by atoms with Gasteiger partial charge in [0.25, 0.3) is 0 Å². The second-order valence-corrected chi connectivity index (χ2v) is 6.92. The van der Waals surface area contributed by atoms with Gasteiger partial charge in [-0.25, -0.2) is 4.98 Å². The van der Waals surface area contributed by atoms with Crippen LogP contribution in [-0.2, 0) is 25.9 Å². The van der Waals surface area contributed by atoms with E-state index in [1.165, 1.54) is 12.1 Å². The molecule has 0 atom stereocenters. The molecule has 3 aromatic rings. The monoisotopic (exact) mass is 389 g/mol. The summed E-state index contributed by atoms with van der Waals surface area (Å²) in [6, 6.07) is 12.8. The molecular weight excluding hydrogens is 367 g/mol. The van der Waals surface area contributed by atoms with Crippen molar-refractivity contribution in [3.8, 4) is 11.1 Å². The Balaban J connectivity index is 1.79. The summed E-state index contributed by atoms with van der Waals surface area (Å²) in [7, 11) is 3.93. The molecule has 4 nitrogen and oxygen atoms in total. The number of imidazole rings is 1. The maximum absolute atomic E-state index is 12.7. The summed E-state index contributed by atoms with van der Waals surface area (Å²) in [5.41, 5.74) is 2.94. The topological polar surface area (TPSA) is 41.3 Å². The number of benzene rings is 2. The van der Waals surface area contributed by atoms with Gasteiger partial charge in [-0.05, 0) is 42.9 Å². The van der Waals surface area contributed by atoms with Gasteiger partial charge in [0.15, 0.2) is 0 Å². The number of halogens is 3. The maximum Gasteiger partial charge on any atom is 0.416 e. The Kier molecular flexibility index (Phi) is 5.86. The fourth-order valence-corrected chi connectivity index (χ4v) is 3.06. The van der Waals surface area contributed by atoms with Crippen molar-refractivity contribution in [2.24, 2.45) is 0 Å². The minimum atomic E-state index is -4.33. The number of hydrogen-bond acceptors (Lipinski definition) is 3. The SMILES string of the molecule is CN(C)Cc1cnc(CO)n1Cc1ccc(-c2ccc(C(F)(F)F)cc2)cc1. The number of rotatable bonds is 6. The molecule has 1 aromatic heterocycles. The number of alkyl halides is 3. The van der Waals surface area contributed by atoms with Crippen LogP contribution >= 0.6 is 0 Å². The van der Waals surface area contributed by atoms with Crippen molar-refractivity contribution >= 4 is 0 Å². The lowest BCUT2D eigenvalue weighted by molar-refractivity contribution is -0.137. The van der Waals surface area contributed by atoms with Crippen LogP contribution in [0.3, 0.4) is 0 Å². The zero-order valence-corrected chi connectivity index (χ0v) is 15.7. The van der Waals surface area contributed by atoms with E-state index in [-0.39, 0.29) is 6.61 Å². The van der Waals surface area contributed by atoms with Gasteiger partial charge in [0.2, 0.25) is 0 Å². The van der Waals surface area contributed by atoms with Crippen LogP contribution in [0, 0.1) is 0 Å². The first-order valence-electron chi connectivity index (χ1n) is 8.83. The van der Waals surface area contributed by atoms with Gasteiger partial charge < -0.3 is 14.6 Å². The summed E-state index contributed by atoms with van der Waals surface area (Å²) in [6.45, 7) is 1.13. The van der Waals surface area contributed by atoms with Gasteiger partial charge in [-0.3, -0.25) is 0 Å². The molecule has 148 valence electrons. The summed E-state index contributed by atoms with van der Waals surface area (Å²) < 4.78 is 40.1. The lowest BCUT2D eigenvalue weighted by Crippen LogP contribution is -2.16. The Hall–Kier alpha value is -2.64. The molecule has 0 aliphatic rings. The van der Waals surface area contributed by atoms with Gasteiger partial charge >= 0.3 is 6.18 Å². The highest BCUT2D eigenvalue weighted by Gasteiger charge is 2.29. The van der Waals surface area contributed by atoms with Gasteiger partial charge in [0.1, 0.15) is 12.4 Å².